The minimum atomic E-state index is -0.334. The first-order valence-electron chi connectivity index (χ1n) is 6.45. The summed E-state index contributed by atoms with van der Waals surface area (Å²) in [6.45, 7) is 5.70. The summed E-state index contributed by atoms with van der Waals surface area (Å²) in [5.41, 5.74) is 4.07. The van der Waals surface area contributed by atoms with Crippen molar-refractivity contribution in [3.05, 3.63) is 58.7 Å². The van der Waals surface area contributed by atoms with Crippen LogP contribution >= 0.6 is 0 Å². The minimum absolute atomic E-state index is 0.143. The van der Waals surface area contributed by atoms with Crippen LogP contribution in [0.1, 0.15) is 22.5 Å². The van der Waals surface area contributed by atoms with Gasteiger partial charge in [-0.3, -0.25) is 9.78 Å². The van der Waals surface area contributed by atoms with Crippen LogP contribution in [0.25, 0.3) is 0 Å². The second kappa shape index (κ2) is 5.82. The van der Waals surface area contributed by atoms with E-state index >= 15 is 0 Å². The van der Waals surface area contributed by atoms with Gasteiger partial charge in [0.15, 0.2) is 0 Å². The molecule has 0 aliphatic carbocycles. The third-order valence-corrected chi connectivity index (χ3v) is 3.04. The van der Waals surface area contributed by atoms with Crippen LogP contribution in [0.2, 0.25) is 0 Å². The Balaban J connectivity index is 2.13. The van der Waals surface area contributed by atoms with E-state index in [1.807, 2.05) is 26.8 Å². The molecule has 1 N–H and O–H groups in total. The third kappa shape index (κ3) is 3.41. The Bertz CT molecular complexity index is 630. The Morgan fingerprint density at radius 3 is 2.65 bits per heavy atom. The largest absolute Gasteiger partial charge is 0.324 e. The van der Waals surface area contributed by atoms with Gasteiger partial charge < -0.3 is 5.32 Å². The fourth-order valence-corrected chi connectivity index (χ4v) is 2.23. The van der Waals surface area contributed by atoms with E-state index in [0.29, 0.717) is 5.56 Å². The number of nitrogens with one attached hydrogen (secondary N) is 1. The van der Waals surface area contributed by atoms with Crippen LogP contribution in [0.4, 0.5) is 10.1 Å². The molecule has 0 aliphatic rings. The zero-order chi connectivity index (χ0) is 14.7. The number of carbonyl (C=O) groups excluding carboxylic acids is 1. The molecule has 0 spiro atoms. The van der Waals surface area contributed by atoms with Gasteiger partial charge in [0.1, 0.15) is 5.82 Å². The van der Waals surface area contributed by atoms with Gasteiger partial charge in [0, 0.05) is 5.69 Å². The minimum Gasteiger partial charge on any atom is -0.324 e. The van der Waals surface area contributed by atoms with Crippen molar-refractivity contribution in [2.24, 2.45) is 0 Å². The first-order chi connectivity index (χ1) is 9.45. The quantitative estimate of drug-likeness (QED) is 0.931. The smallest absolute Gasteiger partial charge is 0.228 e. The summed E-state index contributed by atoms with van der Waals surface area (Å²) in [6.07, 6.45) is 0.143. The summed E-state index contributed by atoms with van der Waals surface area (Å²) >= 11 is 0. The van der Waals surface area contributed by atoms with E-state index in [9.17, 15) is 9.18 Å². The average Bonchev–Trinajstić information content (AvgIpc) is 2.33. The molecule has 0 fully saturated rings. The molecule has 1 amide bonds. The number of rotatable bonds is 3. The van der Waals surface area contributed by atoms with E-state index in [1.54, 1.807) is 12.1 Å². The molecule has 0 saturated heterocycles. The maximum absolute atomic E-state index is 13.1. The molecule has 2 rings (SSSR count). The summed E-state index contributed by atoms with van der Waals surface area (Å²) in [6, 6.07) is 7.98. The predicted octanol–water partition coefficient (Wildman–Crippen LogP) is 3.33. The number of pyridine rings is 1. The second-order valence-electron chi connectivity index (χ2n) is 4.90. The third-order valence-electron chi connectivity index (χ3n) is 3.04. The topological polar surface area (TPSA) is 42.0 Å². The van der Waals surface area contributed by atoms with Gasteiger partial charge in [-0.25, -0.2) is 4.39 Å². The molecule has 20 heavy (non-hydrogen) atoms. The molecule has 3 nitrogen and oxygen atoms in total. The predicted molar refractivity (Wildman–Crippen MR) is 77.2 cm³/mol. The zero-order valence-corrected chi connectivity index (χ0v) is 11.8. The number of halogens is 1. The van der Waals surface area contributed by atoms with E-state index in [-0.39, 0.29) is 18.1 Å². The summed E-state index contributed by atoms with van der Waals surface area (Å²) in [7, 11) is 0. The number of amides is 1. The van der Waals surface area contributed by atoms with Crippen molar-refractivity contribution in [3.63, 3.8) is 0 Å². The van der Waals surface area contributed by atoms with Crippen LogP contribution in [0.3, 0.4) is 0 Å². The number of hydrogen-bond donors (Lipinski definition) is 1. The van der Waals surface area contributed by atoms with Crippen LogP contribution in [-0.4, -0.2) is 10.9 Å². The van der Waals surface area contributed by atoms with Crippen LogP contribution in [-0.2, 0) is 11.2 Å². The van der Waals surface area contributed by atoms with Gasteiger partial charge in [-0.05, 0) is 50.1 Å². The highest BCUT2D eigenvalue weighted by molar-refractivity contribution is 5.93. The number of hydrogen-bond acceptors (Lipinski definition) is 2. The van der Waals surface area contributed by atoms with Gasteiger partial charge in [0.05, 0.1) is 17.8 Å². The average molecular weight is 272 g/mol. The molecule has 1 aromatic heterocycles. The van der Waals surface area contributed by atoms with Crippen molar-refractivity contribution < 1.29 is 9.18 Å². The van der Waals surface area contributed by atoms with E-state index in [0.717, 1.165) is 22.6 Å². The zero-order valence-electron chi connectivity index (χ0n) is 11.8. The maximum atomic E-state index is 13.1. The lowest BCUT2D eigenvalue weighted by Crippen LogP contribution is -2.16. The number of benzene rings is 1. The molecule has 0 radical (unpaired) electrons. The van der Waals surface area contributed by atoms with Crippen LogP contribution in [0, 0.1) is 26.6 Å². The first-order valence-corrected chi connectivity index (χ1v) is 6.45. The van der Waals surface area contributed by atoms with Gasteiger partial charge >= 0.3 is 0 Å². The van der Waals surface area contributed by atoms with E-state index in [1.165, 1.54) is 12.1 Å². The monoisotopic (exact) mass is 272 g/mol. The molecule has 4 heteroatoms. The number of aromatic nitrogens is 1. The highest BCUT2D eigenvalue weighted by Crippen LogP contribution is 2.19. The Kier molecular flexibility index (Phi) is 4.13. The highest BCUT2D eigenvalue weighted by Gasteiger charge is 2.10. The Morgan fingerprint density at radius 2 is 2.00 bits per heavy atom. The summed E-state index contributed by atoms with van der Waals surface area (Å²) in [5, 5.41) is 2.85. The Hall–Kier alpha value is -2.23. The second-order valence-corrected chi connectivity index (χ2v) is 4.90. The lowest BCUT2D eigenvalue weighted by Gasteiger charge is -2.12. The summed E-state index contributed by atoms with van der Waals surface area (Å²) < 4.78 is 13.1. The van der Waals surface area contributed by atoms with Crippen LogP contribution in [0.5, 0.6) is 0 Å². The van der Waals surface area contributed by atoms with Crippen molar-refractivity contribution in [1.29, 1.82) is 0 Å². The number of anilines is 1. The molecule has 2 aromatic rings. The molecule has 0 aliphatic heterocycles. The summed E-state index contributed by atoms with van der Waals surface area (Å²) in [5.74, 6) is -0.507. The van der Waals surface area contributed by atoms with E-state index in [4.69, 9.17) is 0 Å². The van der Waals surface area contributed by atoms with E-state index in [2.05, 4.69) is 10.3 Å². The standard InChI is InChI=1S/C16H17FN2O/c1-10-7-11(2)18-12(3)16(10)19-15(20)9-13-5-4-6-14(17)8-13/h4-8H,9H2,1-3H3,(H,19,20). The van der Waals surface area contributed by atoms with Crippen molar-refractivity contribution in [1.82, 2.24) is 4.98 Å². The number of aryl methyl sites for hydroxylation is 3. The lowest BCUT2D eigenvalue weighted by molar-refractivity contribution is -0.115. The van der Waals surface area contributed by atoms with Gasteiger partial charge in [-0.1, -0.05) is 12.1 Å². The van der Waals surface area contributed by atoms with Gasteiger partial charge in [0.25, 0.3) is 0 Å². The van der Waals surface area contributed by atoms with Crippen LogP contribution < -0.4 is 5.32 Å². The van der Waals surface area contributed by atoms with E-state index < -0.39 is 0 Å². The molecule has 104 valence electrons. The van der Waals surface area contributed by atoms with Gasteiger partial charge in [0.2, 0.25) is 5.91 Å². The Morgan fingerprint density at radius 1 is 1.25 bits per heavy atom. The lowest BCUT2D eigenvalue weighted by atomic mass is 10.1. The SMILES string of the molecule is Cc1cc(C)c(NC(=O)Cc2cccc(F)c2)c(C)n1. The van der Waals surface area contributed by atoms with Gasteiger partial charge in [-0.15, -0.1) is 0 Å². The fraction of sp³-hybridized carbons (Fsp3) is 0.250. The molecule has 0 saturated carbocycles. The molecule has 1 aromatic carbocycles. The summed E-state index contributed by atoms with van der Waals surface area (Å²) in [4.78, 5) is 16.4. The van der Waals surface area contributed by atoms with Crippen molar-refractivity contribution >= 4 is 11.6 Å². The number of nitrogens with zero attached hydrogens (tertiary/aromatic N) is 1. The fourth-order valence-electron chi connectivity index (χ4n) is 2.23. The normalized spacial score (nSPS) is 10.4. The van der Waals surface area contributed by atoms with Crippen molar-refractivity contribution in [2.45, 2.75) is 27.2 Å². The van der Waals surface area contributed by atoms with Crippen LogP contribution in [0.15, 0.2) is 30.3 Å². The molecule has 0 atom stereocenters. The first kappa shape index (κ1) is 14.2. The molecule has 0 unspecified atom stereocenters. The Labute approximate surface area is 117 Å². The molecular formula is C16H17FN2O. The number of carbonyl (C=O) groups is 1. The van der Waals surface area contributed by atoms with Crippen molar-refractivity contribution in [3.8, 4) is 0 Å². The van der Waals surface area contributed by atoms with Gasteiger partial charge in [-0.2, -0.15) is 0 Å². The maximum Gasteiger partial charge on any atom is 0.228 e. The highest BCUT2D eigenvalue weighted by atomic mass is 19.1. The van der Waals surface area contributed by atoms with Crippen molar-refractivity contribution in [2.75, 3.05) is 5.32 Å². The molecule has 0 bridgehead atoms. The molecule has 1 heterocycles. The molecular weight excluding hydrogens is 255 g/mol.